The molecular weight excluding hydrogens is 288 g/mol. The summed E-state index contributed by atoms with van der Waals surface area (Å²) in [6.07, 6.45) is 0. The Balaban J connectivity index is 2.92. The van der Waals surface area contributed by atoms with E-state index < -0.39 is 11.2 Å². The number of hydrogen-bond acceptors (Lipinski definition) is 3. The zero-order chi connectivity index (χ0) is 12.7. The van der Waals surface area contributed by atoms with Crippen LogP contribution < -0.4 is 11.2 Å². The van der Waals surface area contributed by atoms with Gasteiger partial charge in [0.2, 0.25) is 0 Å². The molecule has 2 aromatic heterocycles. The van der Waals surface area contributed by atoms with Crippen molar-refractivity contribution in [3.05, 3.63) is 37.7 Å². The van der Waals surface area contributed by atoms with Crippen molar-refractivity contribution in [2.24, 2.45) is 7.05 Å². The highest BCUT2D eigenvalue weighted by Gasteiger charge is 2.15. The molecule has 0 amide bonds. The molecule has 0 saturated heterocycles. The molecule has 0 aromatic carbocycles. The van der Waals surface area contributed by atoms with E-state index in [-0.39, 0.29) is 0 Å². The molecule has 0 spiro atoms. The van der Waals surface area contributed by atoms with E-state index in [0.717, 1.165) is 5.57 Å². The van der Waals surface area contributed by atoms with Crippen LogP contribution in [0.3, 0.4) is 0 Å². The van der Waals surface area contributed by atoms with Crippen LogP contribution >= 0.6 is 15.9 Å². The predicted octanol–water partition coefficient (Wildman–Crippen LogP) is 0.762. The van der Waals surface area contributed by atoms with Crippen LogP contribution in [0, 0.1) is 0 Å². The van der Waals surface area contributed by atoms with Gasteiger partial charge in [0.1, 0.15) is 0 Å². The minimum Gasteiger partial charge on any atom is -0.309 e. The lowest BCUT2D eigenvalue weighted by atomic mass is 10.3. The Morgan fingerprint density at radius 2 is 2.18 bits per heavy atom. The van der Waals surface area contributed by atoms with Gasteiger partial charge in [-0.05, 0) is 22.9 Å². The molecule has 0 radical (unpaired) electrons. The van der Waals surface area contributed by atoms with Crippen LogP contribution in [0.25, 0.3) is 11.2 Å². The molecule has 2 aromatic rings. The quantitative estimate of drug-likeness (QED) is 0.657. The number of nitrogens with zero attached hydrogens (tertiary/aromatic N) is 3. The van der Waals surface area contributed by atoms with E-state index in [1.54, 1.807) is 11.6 Å². The molecular formula is C10H11BrN4O2. The zero-order valence-electron chi connectivity index (χ0n) is 9.45. The van der Waals surface area contributed by atoms with Crippen LogP contribution in [-0.2, 0) is 13.6 Å². The van der Waals surface area contributed by atoms with Gasteiger partial charge in [0.25, 0.3) is 5.56 Å². The van der Waals surface area contributed by atoms with E-state index in [0.29, 0.717) is 22.4 Å². The monoisotopic (exact) mass is 298 g/mol. The Morgan fingerprint density at radius 1 is 1.53 bits per heavy atom. The molecule has 2 heterocycles. The largest absolute Gasteiger partial charge is 0.329 e. The highest BCUT2D eigenvalue weighted by Crippen LogP contribution is 2.16. The molecule has 17 heavy (non-hydrogen) atoms. The van der Waals surface area contributed by atoms with Gasteiger partial charge in [0, 0.05) is 13.6 Å². The molecule has 0 fully saturated rings. The van der Waals surface area contributed by atoms with Crippen molar-refractivity contribution < 1.29 is 0 Å². The van der Waals surface area contributed by atoms with Crippen molar-refractivity contribution in [1.29, 1.82) is 0 Å². The smallest absolute Gasteiger partial charge is 0.309 e. The summed E-state index contributed by atoms with van der Waals surface area (Å²) in [6, 6.07) is 0. The number of halogens is 1. The van der Waals surface area contributed by atoms with Gasteiger partial charge in [-0.3, -0.25) is 14.3 Å². The number of H-pyrrole nitrogens is 1. The summed E-state index contributed by atoms with van der Waals surface area (Å²) >= 11 is 3.27. The summed E-state index contributed by atoms with van der Waals surface area (Å²) in [5, 5.41) is 0. The van der Waals surface area contributed by atoms with Gasteiger partial charge in [-0.2, -0.15) is 0 Å². The van der Waals surface area contributed by atoms with Gasteiger partial charge >= 0.3 is 5.69 Å². The van der Waals surface area contributed by atoms with E-state index >= 15 is 0 Å². The molecule has 0 aliphatic rings. The lowest BCUT2D eigenvalue weighted by molar-refractivity contribution is 0.780. The first-order chi connectivity index (χ1) is 7.91. The maximum atomic E-state index is 11.8. The van der Waals surface area contributed by atoms with Crippen molar-refractivity contribution in [2.45, 2.75) is 13.5 Å². The molecule has 6 nitrogen and oxygen atoms in total. The third-order valence-corrected chi connectivity index (χ3v) is 2.99. The second-order valence-corrected chi connectivity index (χ2v) is 4.62. The van der Waals surface area contributed by atoms with Gasteiger partial charge < -0.3 is 4.57 Å². The van der Waals surface area contributed by atoms with E-state index in [9.17, 15) is 9.59 Å². The highest BCUT2D eigenvalue weighted by atomic mass is 79.9. The highest BCUT2D eigenvalue weighted by molar-refractivity contribution is 9.10. The number of fused-ring (bicyclic) bond motifs is 1. The number of allylic oxidation sites excluding steroid dienone is 1. The van der Waals surface area contributed by atoms with Gasteiger partial charge in [-0.25, -0.2) is 9.78 Å². The Labute approximate surface area is 105 Å². The fourth-order valence-corrected chi connectivity index (χ4v) is 2.09. The minimum atomic E-state index is -0.477. The zero-order valence-corrected chi connectivity index (χ0v) is 11.0. The number of aromatic nitrogens is 4. The van der Waals surface area contributed by atoms with E-state index in [1.807, 2.05) is 6.92 Å². The summed E-state index contributed by atoms with van der Waals surface area (Å²) < 4.78 is 3.48. The van der Waals surface area contributed by atoms with Crippen LogP contribution in [-0.4, -0.2) is 19.1 Å². The lowest BCUT2D eigenvalue weighted by Gasteiger charge is -2.04. The fourth-order valence-electron chi connectivity index (χ4n) is 1.62. The Kier molecular flexibility index (Phi) is 2.78. The summed E-state index contributed by atoms with van der Waals surface area (Å²) in [7, 11) is 1.56. The number of imidazole rings is 1. The third-order valence-electron chi connectivity index (χ3n) is 2.39. The number of aromatic amines is 1. The van der Waals surface area contributed by atoms with Crippen LogP contribution in [0.1, 0.15) is 6.92 Å². The maximum Gasteiger partial charge on any atom is 0.329 e. The SMILES string of the molecule is C=C(C)Cn1c(Br)nc2c1c(=O)[nH]c(=O)n2C. The molecule has 0 saturated carbocycles. The minimum absolute atomic E-state index is 0.354. The molecule has 0 aliphatic carbocycles. The average Bonchev–Trinajstić information content (AvgIpc) is 2.53. The van der Waals surface area contributed by atoms with Crippen LogP contribution in [0.15, 0.2) is 26.5 Å². The van der Waals surface area contributed by atoms with Crippen molar-refractivity contribution in [2.75, 3.05) is 0 Å². The maximum absolute atomic E-state index is 11.8. The Morgan fingerprint density at radius 3 is 2.76 bits per heavy atom. The van der Waals surface area contributed by atoms with E-state index in [2.05, 4.69) is 32.5 Å². The number of nitrogens with one attached hydrogen (secondary N) is 1. The first-order valence-electron chi connectivity index (χ1n) is 4.91. The standard InChI is InChI=1S/C10H11BrN4O2/c1-5(2)4-15-6-7(12-9(15)11)14(3)10(17)13-8(6)16/h1,4H2,2-3H3,(H,13,16,17). The molecule has 0 aliphatic heterocycles. The van der Waals surface area contributed by atoms with E-state index in [1.165, 1.54) is 4.57 Å². The number of rotatable bonds is 2. The fraction of sp³-hybridized carbons (Fsp3) is 0.300. The third kappa shape index (κ3) is 1.86. The van der Waals surface area contributed by atoms with Crippen molar-refractivity contribution in [1.82, 2.24) is 19.1 Å². The lowest BCUT2D eigenvalue weighted by Crippen LogP contribution is -2.29. The second-order valence-electron chi connectivity index (χ2n) is 3.91. The van der Waals surface area contributed by atoms with Gasteiger partial charge in [-0.1, -0.05) is 12.2 Å². The average molecular weight is 299 g/mol. The van der Waals surface area contributed by atoms with Crippen molar-refractivity contribution in [3.63, 3.8) is 0 Å². The topological polar surface area (TPSA) is 72.7 Å². The number of hydrogen-bond donors (Lipinski definition) is 1. The van der Waals surface area contributed by atoms with Gasteiger partial charge in [0.05, 0.1) is 0 Å². The van der Waals surface area contributed by atoms with Crippen molar-refractivity contribution >= 4 is 27.1 Å². The Hall–Kier alpha value is -1.63. The molecule has 0 bridgehead atoms. The molecule has 0 unspecified atom stereocenters. The van der Waals surface area contributed by atoms with Gasteiger partial charge in [0.15, 0.2) is 15.9 Å². The molecule has 2 rings (SSSR count). The van der Waals surface area contributed by atoms with Crippen LogP contribution in [0.5, 0.6) is 0 Å². The summed E-state index contributed by atoms with van der Waals surface area (Å²) in [6.45, 7) is 6.12. The second kappa shape index (κ2) is 3.99. The molecule has 1 N–H and O–H groups in total. The molecule has 7 heteroatoms. The Bertz CT molecular complexity index is 722. The van der Waals surface area contributed by atoms with Crippen LogP contribution in [0.2, 0.25) is 0 Å². The number of aryl methyl sites for hydroxylation is 1. The van der Waals surface area contributed by atoms with Crippen LogP contribution in [0.4, 0.5) is 0 Å². The predicted molar refractivity (Wildman–Crippen MR) is 68.1 cm³/mol. The molecule has 0 atom stereocenters. The molecule has 90 valence electrons. The van der Waals surface area contributed by atoms with Gasteiger partial charge in [-0.15, -0.1) is 0 Å². The summed E-state index contributed by atoms with van der Waals surface area (Å²) in [4.78, 5) is 29.6. The van der Waals surface area contributed by atoms with E-state index in [4.69, 9.17) is 0 Å². The summed E-state index contributed by atoms with van der Waals surface area (Å²) in [5.41, 5.74) is 0.685. The summed E-state index contributed by atoms with van der Waals surface area (Å²) in [5.74, 6) is 0. The van der Waals surface area contributed by atoms with Crippen molar-refractivity contribution in [3.8, 4) is 0 Å². The normalized spacial score (nSPS) is 11.0. The first kappa shape index (κ1) is 11.8. The first-order valence-corrected chi connectivity index (χ1v) is 5.70.